The largest absolute Gasteiger partial charge is 0.472 e. The predicted molar refractivity (Wildman–Crippen MR) is 118 cm³/mol. The molecule has 0 saturated heterocycles. The average molecular weight is 485 g/mol. The number of phosphoric ester groups is 1. The standard InChI is InChI=1S/C21H41O10P/c1-3-5-7-9-11-13-21(25)31-19(16-28-20(24)12-10-8-6-4-2)17-30-32(26,27)29-15-18(23)14-22/h18-19,22-23H,3-17H2,1-2H3,(H,26,27). The maximum atomic E-state index is 12.1. The van der Waals surface area contributed by atoms with Crippen LogP contribution in [-0.4, -0.2) is 65.7 Å². The highest BCUT2D eigenvalue weighted by Gasteiger charge is 2.27. The van der Waals surface area contributed by atoms with Crippen molar-refractivity contribution in [1.29, 1.82) is 0 Å². The van der Waals surface area contributed by atoms with Crippen LogP contribution in [0, 0.1) is 0 Å². The number of hydrogen-bond donors (Lipinski definition) is 3. The normalized spacial score (nSPS) is 15.0. The van der Waals surface area contributed by atoms with Gasteiger partial charge in [-0.3, -0.25) is 18.6 Å². The monoisotopic (exact) mass is 484 g/mol. The summed E-state index contributed by atoms with van der Waals surface area (Å²) < 4.78 is 31.7. The summed E-state index contributed by atoms with van der Waals surface area (Å²) in [5, 5.41) is 17.9. The summed E-state index contributed by atoms with van der Waals surface area (Å²) in [5.74, 6) is -0.963. The van der Waals surface area contributed by atoms with Gasteiger partial charge in [0.2, 0.25) is 0 Å². The molecule has 11 heteroatoms. The first-order chi connectivity index (χ1) is 15.2. The van der Waals surface area contributed by atoms with E-state index in [1.807, 2.05) is 0 Å². The molecule has 3 N–H and O–H groups in total. The molecule has 0 aliphatic rings. The minimum absolute atomic E-state index is 0.182. The fourth-order valence-corrected chi connectivity index (χ4v) is 3.43. The minimum atomic E-state index is -4.57. The van der Waals surface area contributed by atoms with E-state index in [-0.39, 0.29) is 19.4 Å². The highest BCUT2D eigenvalue weighted by Crippen LogP contribution is 2.43. The van der Waals surface area contributed by atoms with Crippen LogP contribution in [0.4, 0.5) is 0 Å². The topological polar surface area (TPSA) is 149 Å². The van der Waals surface area contributed by atoms with Crippen LogP contribution < -0.4 is 0 Å². The van der Waals surface area contributed by atoms with Gasteiger partial charge in [0.05, 0.1) is 19.8 Å². The summed E-state index contributed by atoms with van der Waals surface area (Å²) in [4.78, 5) is 33.7. The SMILES string of the molecule is CCCCCCCC(=O)OC(COC(=O)CCCCCC)COP(=O)(O)OCC(O)CO. The second-order valence-corrected chi connectivity index (χ2v) is 9.12. The Morgan fingerprint density at radius 3 is 1.94 bits per heavy atom. The highest BCUT2D eigenvalue weighted by molar-refractivity contribution is 7.47. The number of unbranched alkanes of at least 4 members (excludes halogenated alkanes) is 7. The molecule has 0 amide bonds. The van der Waals surface area contributed by atoms with Crippen molar-refractivity contribution in [3.63, 3.8) is 0 Å². The third kappa shape index (κ3) is 18.5. The van der Waals surface area contributed by atoms with Crippen LogP contribution >= 0.6 is 7.82 Å². The van der Waals surface area contributed by atoms with Gasteiger partial charge in [-0.05, 0) is 12.8 Å². The summed E-state index contributed by atoms with van der Waals surface area (Å²) in [6.45, 7) is 2.06. The molecule has 0 heterocycles. The number of carbonyl (C=O) groups excluding carboxylic acids is 2. The zero-order valence-corrected chi connectivity index (χ0v) is 20.3. The van der Waals surface area contributed by atoms with Crippen molar-refractivity contribution in [3.8, 4) is 0 Å². The molecule has 10 nitrogen and oxygen atoms in total. The molecule has 0 rings (SSSR count). The molecular weight excluding hydrogens is 443 g/mol. The Hall–Kier alpha value is -1.03. The summed E-state index contributed by atoms with van der Waals surface area (Å²) in [7, 11) is -4.57. The maximum Gasteiger partial charge on any atom is 0.472 e. The van der Waals surface area contributed by atoms with E-state index in [9.17, 15) is 24.2 Å². The number of phosphoric acid groups is 1. The molecule has 0 aromatic rings. The Morgan fingerprint density at radius 1 is 0.812 bits per heavy atom. The van der Waals surface area contributed by atoms with Crippen LogP contribution in [0.2, 0.25) is 0 Å². The minimum Gasteiger partial charge on any atom is -0.462 e. The third-order valence-corrected chi connectivity index (χ3v) is 5.46. The lowest BCUT2D eigenvalue weighted by Gasteiger charge is -2.20. The molecule has 0 aliphatic carbocycles. The predicted octanol–water partition coefficient (Wildman–Crippen LogP) is 3.26. The Balaban J connectivity index is 4.61. The fraction of sp³-hybridized carbons (Fsp3) is 0.905. The molecule has 0 radical (unpaired) electrons. The van der Waals surface area contributed by atoms with E-state index < -0.39 is 51.8 Å². The van der Waals surface area contributed by atoms with Gasteiger partial charge in [-0.2, -0.15) is 0 Å². The quantitative estimate of drug-likeness (QED) is 0.126. The molecular formula is C21H41O10P. The molecule has 0 bridgehead atoms. The van der Waals surface area contributed by atoms with Crippen LogP contribution in [0.1, 0.15) is 84.5 Å². The maximum absolute atomic E-state index is 12.1. The second-order valence-electron chi connectivity index (χ2n) is 7.67. The first-order valence-electron chi connectivity index (χ1n) is 11.5. The number of ether oxygens (including phenoxy) is 2. The molecule has 0 aromatic heterocycles. The van der Waals surface area contributed by atoms with E-state index in [1.54, 1.807) is 0 Å². The van der Waals surface area contributed by atoms with Gasteiger partial charge in [0.1, 0.15) is 12.7 Å². The lowest BCUT2D eigenvalue weighted by molar-refractivity contribution is -0.161. The van der Waals surface area contributed by atoms with Crippen molar-refractivity contribution in [2.24, 2.45) is 0 Å². The van der Waals surface area contributed by atoms with Gasteiger partial charge < -0.3 is 24.6 Å². The van der Waals surface area contributed by atoms with Gasteiger partial charge in [-0.25, -0.2) is 4.57 Å². The first kappa shape index (κ1) is 31.0. The van der Waals surface area contributed by atoms with Crippen LogP contribution in [-0.2, 0) is 32.7 Å². The van der Waals surface area contributed by atoms with Crippen LogP contribution in [0.5, 0.6) is 0 Å². The van der Waals surface area contributed by atoms with E-state index in [0.29, 0.717) is 12.8 Å². The molecule has 0 aromatic carbocycles. The third-order valence-electron chi connectivity index (χ3n) is 4.51. The Labute approximate surface area is 191 Å². The van der Waals surface area contributed by atoms with Gasteiger partial charge in [0.15, 0.2) is 6.10 Å². The molecule has 3 atom stereocenters. The van der Waals surface area contributed by atoms with Crippen molar-refractivity contribution in [2.45, 2.75) is 96.7 Å². The number of rotatable bonds is 21. The van der Waals surface area contributed by atoms with E-state index in [0.717, 1.165) is 44.9 Å². The number of aliphatic hydroxyl groups excluding tert-OH is 2. The van der Waals surface area contributed by atoms with Crippen molar-refractivity contribution < 1.29 is 47.8 Å². The molecule has 0 fully saturated rings. The number of esters is 2. The van der Waals surface area contributed by atoms with Crippen LogP contribution in [0.25, 0.3) is 0 Å². The van der Waals surface area contributed by atoms with Crippen molar-refractivity contribution in [2.75, 3.05) is 26.4 Å². The molecule has 0 saturated carbocycles. The Morgan fingerprint density at radius 2 is 1.34 bits per heavy atom. The smallest absolute Gasteiger partial charge is 0.462 e. The van der Waals surface area contributed by atoms with Gasteiger partial charge in [-0.1, -0.05) is 58.8 Å². The lowest BCUT2D eigenvalue weighted by atomic mass is 10.1. The zero-order chi connectivity index (χ0) is 24.2. The van der Waals surface area contributed by atoms with E-state index >= 15 is 0 Å². The molecule has 190 valence electrons. The number of carbonyl (C=O) groups is 2. The average Bonchev–Trinajstić information content (AvgIpc) is 2.76. The molecule has 0 spiro atoms. The van der Waals surface area contributed by atoms with E-state index in [4.69, 9.17) is 19.1 Å². The van der Waals surface area contributed by atoms with E-state index in [1.165, 1.54) is 0 Å². The van der Waals surface area contributed by atoms with Crippen LogP contribution in [0.3, 0.4) is 0 Å². The molecule has 32 heavy (non-hydrogen) atoms. The van der Waals surface area contributed by atoms with Gasteiger partial charge in [0, 0.05) is 12.8 Å². The van der Waals surface area contributed by atoms with Crippen molar-refractivity contribution in [3.05, 3.63) is 0 Å². The van der Waals surface area contributed by atoms with Gasteiger partial charge >= 0.3 is 19.8 Å². The summed E-state index contributed by atoms with van der Waals surface area (Å²) in [6.07, 6.45) is 6.43. The lowest BCUT2D eigenvalue weighted by Crippen LogP contribution is -2.29. The first-order valence-corrected chi connectivity index (χ1v) is 13.0. The van der Waals surface area contributed by atoms with Gasteiger partial charge in [-0.15, -0.1) is 0 Å². The summed E-state index contributed by atoms with van der Waals surface area (Å²) in [6, 6.07) is 0. The fourth-order valence-electron chi connectivity index (χ4n) is 2.64. The zero-order valence-electron chi connectivity index (χ0n) is 19.4. The van der Waals surface area contributed by atoms with E-state index in [2.05, 4.69) is 18.4 Å². The van der Waals surface area contributed by atoms with Crippen LogP contribution in [0.15, 0.2) is 0 Å². The Kier molecular flexibility index (Phi) is 18.8. The number of hydrogen-bond acceptors (Lipinski definition) is 9. The second kappa shape index (κ2) is 19.4. The van der Waals surface area contributed by atoms with Crippen molar-refractivity contribution in [1.82, 2.24) is 0 Å². The molecule has 0 aliphatic heterocycles. The Bertz CT molecular complexity index is 543. The highest BCUT2D eigenvalue weighted by atomic mass is 31.2. The number of aliphatic hydroxyl groups is 2. The van der Waals surface area contributed by atoms with Gasteiger partial charge in [0.25, 0.3) is 0 Å². The summed E-state index contributed by atoms with van der Waals surface area (Å²) >= 11 is 0. The summed E-state index contributed by atoms with van der Waals surface area (Å²) in [5.41, 5.74) is 0. The van der Waals surface area contributed by atoms with Crippen molar-refractivity contribution >= 4 is 19.8 Å². The molecule has 3 unspecified atom stereocenters.